The van der Waals surface area contributed by atoms with E-state index in [2.05, 4.69) is 5.32 Å². The summed E-state index contributed by atoms with van der Waals surface area (Å²) in [6.45, 7) is 0. The molecule has 0 radical (unpaired) electrons. The zero-order chi connectivity index (χ0) is 19.3. The van der Waals surface area contributed by atoms with Crippen molar-refractivity contribution in [1.82, 2.24) is 5.32 Å². The molecule has 0 aromatic heterocycles. The van der Waals surface area contributed by atoms with Crippen LogP contribution in [0.4, 0.5) is 13.2 Å². The van der Waals surface area contributed by atoms with E-state index in [1.807, 2.05) is 0 Å². The number of carbonyl (C=O) groups excluding carboxylic acids is 1. The summed E-state index contributed by atoms with van der Waals surface area (Å²) in [5.41, 5.74) is -1.21. The third-order valence-corrected chi connectivity index (χ3v) is 3.68. The molecule has 2 aromatic rings. The lowest BCUT2D eigenvalue weighted by molar-refractivity contribution is -0.139. The van der Waals surface area contributed by atoms with Crippen LogP contribution in [0.25, 0.3) is 0 Å². The molecule has 0 bridgehead atoms. The molecule has 0 aliphatic carbocycles. The topological polar surface area (TPSA) is 75.6 Å². The maximum absolute atomic E-state index is 13.1. The first-order chi connectivity index (χ1) is 12.2. The lowest BCUT2D eigenvalue weighted by atomic mass is 10.0. The van der Waals surface area contributed by atoms with Gasteiger partial charge in [0.1, 0.15) is 5.75 Å². The van der Waals surface area contributed by atoms with E-state index in [1.165, 1.54) is 19.2 Å². The lowest BCUT2D eigenvalue weighted by Gasteiger charge is -2.19. The van der Waals surface area contributed by atoms with E-state index in [0.717, 1.165) is 12.1 Å². The van der Waals surface area contributed by atoms with Gasteiger partial charge in [-0.3, -0.25) is 9.59 Å². The molecule has 0 saturated heterocycles. The summed E-state index contributed by atoms with van der Waals surface area (Å²) < 4.78 is 44.2. The summed E-state index contributed by atoms with van der Waals surface area (Å²) in [7, 11) is 1.46. The number of ether oxygens (including phenoxy) is 1. The minimum Gasteiger partial charge on any atom is -0.497 e. The molecule has 1 unspecified atom stereocenters. The molecule has 5 nitrogen and oxygen atoms in total. The van der Waals surface area contributed by atoms with E-state index < -0.39 is 41.6 Å². The van der Waals surface area contributed by atoms with E-state index in [1.54, 1.807) is 24.3 Å². The number of rotatable bonds is 6. The van der Waals surface area contributed by atoms with Gasteiger partial charge in [0.15, 0.2) is 0 Å². The Labute approximate surface area is 147 Å². The molecule has 0 spiro atoms. The number of benzene rings is 2. The molecule has 0 aliphatic rings. The molecule has 2 rings (SSSR count). The highest BCUT2D eigenvalue weighted by molar-refractivity contribution is 5.96. The Hall–Kier alpha value is -3.03. The van der Waals surface area contributed by atoms with Crippen LogP contribution in [0.5, 0.6) is 5.75 Å². The Morgan fingerprint density at radius 1 is 1.12 bits per heavy atom. The number of methoxy groups -OCH3 is 1. The highest BCUT2D eigenvalue weighted by atomic mass is 19.4. The van der Waals surface area contributed by atoms with Crippen molar-refractivity contribution in [1.29, 1.82) is 0 Å². The van der Waals surface area contributed by atoms with E-state index in [9.17, 15) is 22.8 Å². The second-order valence-electron chi connectivity index (χ2n) is 5.44. The maximum Gasteiger partial charge on any atom is 0.417 e. The van der Waals surface area contributed by atoms with Crippen molar-refractivity contribution in [3.63, 3.8) is 0 Å². The molecule has 8 heteroatoms. The largest absolute Gasteiger partial charge is 0.497 e. The Balaban J connectivity index is 2.31. The van der Waals surface area contributed by atoms with Crippen molar-refractivity contribution >= 4 is 11.9 Å². The Morgan fingerprint density at radius 3 is 2.27 bits per heavy atom. The van der Waals surface area contributed by atoms with Gasteiger partial charge in [-0.2, -0.15) is 13.2 Å². The van der Waals surface area contributed by atoms with Gasteiger partial charge in [0.25, 0.3) is 5.91 Å². The standard InChI is InChI=1S/C18H16F3NO4/c1-26-12-8-6-11(7-9-12)15(10-16(23)24)22-17(25)13-4-2-3-5-14(13)18(19,20)21/h2-9,15H,10H2,1H3,(H,22,25)(H,23,24). The predicted molar refractivity (Wildman–Crippen MR) is 86.9 cm³/mol. The molecular formula is C18H16F3NO4. The number of alkyl halides is 3. The average molecular weight is 367 g/mol. The predicted octanol–water partition coefficient (Wildman–Crippen LogP) is 3.66. The number of nitrogens with one attached hydrogen (secondary N) is 1. The molecule has 2 aromatic carbocycles. The zero-order valence-corrected chi connectivity index (χ0v) is 13.7. The van der Waals surface area contributed by atoms with E-state index >= 15 is 0 Å². The second-order valence-corrected chi connectivity index (χ2v) is 5.44. The van der Waals surface area contributed by atoms with E-state index in [-0.39, 0.29) is 0 Å². The highest BCUT2D eigenvalue weighted by Crippen LogP contribution is 2.32. The van der Waals surface area contributed by atoms with Crippen LogP contribution in [-0.2, 0) is 11.0 Å². The molecule has 0 saturated carbocycles. The first kappa shape index (κ1) is 19.3. The molecule has 0 aliphatic heterocycles. The van der Waals surface area contributed by atoms with Crippen molar-refractivity contribution in [3.8, 4) is 5.75 Å². The lowest BCUT2D eigenvalue weighted by Crippen LogP contribution is -2.31. The van der Waals surface area contributed by atoms with Crippen LogP contribution in [0.3, 0.4) is 0 Å². The fourth-order valence-electron chi connectivity index (χ4n) is 2.43. The van der Waals surface area contributed by atoms with Crippen LogP contribution >= 0.6 is 0 Å². The van der Waals surface area contributed by atoms with Crippen LogP contribution in [0, 0.1) is 0 Å². The molecule has 1 amide bonds. The Bertz CT molecular complexity index is 788. The fraction of sp³-hybridized carbons (Fsp3) is 0.222. The molecule has 1 atom stereocenters. The molecule has 0 fully saturated rings. The molecule has 0 heterocycles. The van der Waals surface area contributed by atoms with Gasteiger partial charge < -0.3 is 15.2 Å². The number of carboxylic acids is 1. The fourth-order valence-corrected chi connectivity index (χ4v) is 2.43. The van der Waals surface area contributed by atoms with Crippen molar-refractivity contribution in [2.45, 2.75) is 18.6 Å². The summed E-state index contributed by atoms with van der Waals surface area (Å²) in [5, 5.41) is 11.4. The number of hydrogen-bond acceptors (Lipinski definition) is 3. The maximum atomic E-state index is 13.1. The molecule has 138 valence electrons. The summed E-state index contributed by atoms with van der Waals surface area (Å²) in [6.07, 6.45) is -5.18. The quantitative estimate of drug-likeness (QED) is 0.817. The summed E-state index contributed by atoms with van der Waals surface area (Å²) in [4.78, 5) is 23.5. The highest BCUT2D eigenvalue weighted by Gasteiger charge is 2.35. The smallest absolute Gasteiger partial charge is 0.417 e. The number of carboxylic acid groups (broad SMARTS) is 1. The average Bonchev–Trinajstić information content (AvgIpc) is 2.60. The van der Waals surface area contributed by atoms with Crippen molar-refractivity contribution in [3.05, 3.63) is 65.2 Å². The van der Waals surface area contributed by atoms with Gasteiger partial charge in [0.2, 0.25) is 0 Å². The monoisotopic (exact) mass is 367 g/mol. The third-order valence-electron chi connectivity index (χ3n) is 3.68. The molecule has 26 heavy (non-hydrogen) atoms. The number of hydrogen-bond donors (Lipinski definition) is 2. The number of halogens is 3. The Morgan fingerprint density at radius 2 is 1.73 bits per heavy atom. The van der Waals surface area contributed by atoms with Gasteiger partial charge in [-0.1, -0.05) is 24.3 Å². The molecule has 2 N–H and O–H groups in total. The molecular weight excluding hydrogens is 351 g/mol. The number of carbonyl (C=O) groups is 2. The number of aliphatic carboxylic acids is 1. The summed E-state index contributed by atoms with van der Waals surface area (Å²) in [5.74, 6) is -1.67. The van der Waals surface area contributed by atoms with Gasteiger partial charge >= 0.3 is 12.1 Å². The van der Waals surface area contributed by atoms with Crippen LogP contribution in [-0.4, -0.2) is 24.1 Å². The minimum atomic E-state index is -4.70. The Kier molecular flexibility index (Phi) is 5.86. The van der Waals surface area contributed by atoms with Crippen molar-refractivity contribution < 1.29 is 32.6 Å². The van der Waals surface area contributed by atoms with Gasteiger partial charge in [0, 0.05) is 0 Å². The second kappa shape index (κ2) is 7.90. The van der Waals surface area contributed by atoms with Crippen LogP contribution < -0.4 is 10.1 Å². The van der Waals surface area contributed by atoms with Crippen molar-refractivity contribution in [2.75, 3.05) is 7.11 Å². The van der Waals surface area contributed by atoms with Gasteiger partial charge in [-0.05, 0) is 29.8 Å². The minimum absolute atomic E-state index is 0.436. The van der Waals surface area contributed by atoms with E-state index in [0.29, 0.717) is 11.3 Å². The van der Waals surface area contributed by atoms with Gasteiger partial charge in [-0.15, -0.1) is 0 Å². The first-order valence-electron chi connectivity index (χ1n) is 7.55. The normalized spacial score (nSPS) is 12.3. The van der Waals surface area contributed by atoms with Crippen LogP contribution in [0.1, 0.15) is 33.9 Å². The number of amides is 1. The third kappa shape index (κ3) is 4.75. The summed E-state index contributed by atoms with van der Waals surface area (Å²) in [6, 6.07) is 9.57. The van der Waals surface area contributed by atoms with Gasteiger partial charge in [0.05, 0.1) is 30.7 Å². The summed E-state index contributed by atoms with van der Waals surface area (Å²) >= 11 is 0. The van der Waals surface area contributed by atoms with Crippen molar-refractivity contribution in [2.24, 2.45) is 0 Å². The van der Waals surface area contributed by atoms with Gasteiger partial charge in [-0.25, -0.2) is 0 Å². The zero-order valence-electron chi connectivity index (χ0n) is 13.7. The van der Waals surface area contributed by atoms with Crippen LogP contribution in [0.15, 0.2) is 48.5 Å². The van der Waals surface area contributed by atoms with E-state index in [4.69, 9.17) is 9.84 Å². The SMILES string of the molecule is COc1ccc(C(CC(=O)O)NC(=O)c2ccccc2C(F)(F)F)cc1. The van der Waals surface area contributed by atoms with Crippen LogP contribution in [0.2, 0.25) is 0 Å². The first-order valence-corrected chi connectivity index (χ1v) is 7.55.